The van der Waals surface area contributed by atoms with Crippen LogP contribution >= 0.6 is 11.6 Å². The molecule has 0 saturated carbocycles. The van der Waals surface area contributed by atoms with Gasteiger partial charge in [0.05, 0.1) is 36.5 Å². The molecule has 2 saturated heterocycles. The highest BCUT2D eigenvalue weighted by molar-refractivity contribution is 6.33. The van der Waals surface area contributed by atoms with Crippen molar-refractivity contribution >= 4 is 29.5 Å². The molecule has 3 heterocycles. The van der Waals surface area contributed by atoms with E-state index in [1.54, 1.807) is 0 Å². The zero-order chi connectivity index (χ0) is 28.9. The molecule has 7 nitrogen and oxygen atoms in total. The maximum atomic E-state index is 15.5. The number of aliphatic hydroxyl groups excluding tert-OH is 1. The first-order chi connectivity index (χ1) is 19.9. The molecule has 0 bridgehead atoms. The molecule has 3 aliphatic rings. The number of pyridine rings is 1. The summed E-state index contributed by atoms with van der Waals surface area (Å²) in [4.78, 5) is 9.33. The van der Waals surface area contributed by atoms with Crippen molar-refractivity contribution in [2.24, 2.45) is 10.9 Å². The molecule has 2 aliphatic heterocycles. The lowest BCUT2D eigenvalue weighted by atomic mass is 9.98. The molecule has 6 atom stereocenters. The van der Waals surface area contributed by atoms with E-state index in [2.05, 4.69) is 24.2 Å². The number of hydrogen-bond donors (Lipinski definition) is 2. The Kier molecular flexibility index (Phi) is 10.2. The van der Waals surface area contributed by atoms with Crippen LogP contribution in [0.1, 0.15) is 87.9 Å². The van der Waals surface area contributed by atoms with Crippen molar-refractivity contribution in [3.63, 3.8) is 0 Å². The van der Waals surface area contributed by atoms with Crippen molar-refractivity contribution < 1.29 is 23.7 Å². The quantitative estimate of drug-likeness (QED) is 0.189. The zero-order valence-electron chi connectivity index (χ0n) is 24.4. The van der Waals surface area contributed by atoms with Crippen LogP contribution in [0.15, 0.2) is 23.2 Å². The van der Waals surface area contributed by atoms with Crippen molar-refractivity contribution in [3.05, 3.63) is 45.7 Å². The average molecular weight is 588 g/mol. The molecule has 1 aliphatic carbocycles. The summed E-state index contributed by atoms with van der Waals surface area (Å²) in [6, 6.07) is 5.14. The molecule has 41 heavy (non-hydrogen) atoms. The molecule has 0 spiro atoms. The number of anilines is 1. The fourth-order valence-corrected chi connectivity index (χ4v) is 6.56. The normalized spacial score (nSPS) is 26.0. The number of halogens is 2. The monoisotopic (exact) mass is 587 g/mol. The van der Waals surface area contributed by atoms with E-state index in [9.17, 15) is 5.11 Å². The second kappa shape index (κ2) is 13.8. The highest BCUT2D eigenvalue weighted by Gasteiger charge is 2.46. The fourth-order valence-electron chi connectivity index (χ4n) is 6.30. The van der Waals surface area contributed by atoms with E-state index < -0.39 is 6.10 Å². The molecular formula is C32H43ClFN3O4. The number of hydrogen-bond acceptors (Lipinski definition) is 7. The number of aromatic nitrogens is 1. The molecule has 1 aromatic carbocycles. The smallest absolute Gasteiger partial charge is 0.156 e. The van der Waals surface area contributed by atoms with Crippen LogP contribution in [-0.4, -0.2) is 53.9 Å². The van der Waals surface area contributed by atoms with E-state index >= 15 is 4.39 Å². The molecular weight excluding hydrogens is 545 g/mol. The summed E-state index contributed by atoms with van der Waals surface area (Å²) in [6.07, 6.45) is 9.70. The van der Waals surface area contributed by atoms with Crippen LogP contribution in [0.25, 0.3) is 0 Å². The lowest BCUT2D eigenvalue weighted by Gasteiger charge is -2.21. The second-order valence-electron chi connectivity index (χ2n) is 11.7. The number of aryl methyl sites for hydroxylation is 2. The molecule has 4 unspecified atom stereocenters. The Labute approximate surface area is 247 Å². The van der Waals surface area contributed by atoms with Gasteiger partial charge in [0.25, 0.3) is 0 Å². The van der Waals surface area contributed by atoms with Crippen LogP contribution in [0, 0.1) is 18.7 Å². The van der Waals surface area contributed by atoms with E-state index in [4.69, 9.17) is 30.8 Å². The van der Waals surface area contributed by atoms with Crippen LogP contribution in [0.3, 0.4) is 0 Å². The maximum absolute atomic E-state index is 15.5. The minimum atomic E-state index is -0.561. The molecule has 0 radical (unpaired) electrons. The van der Waals surface area contributed by atoms with E-state index in [0.717, 1.165) is 49.7 Å². The van der Waals surface area contributed by atoms with Gasteiger partial charge < -0.3 is 24.6 Å². The van der Waals surface area contributed by atoms with Crippen LogP contribution in [0.5, 0.6) is 5.75 Å². The summed E-state index contributed by atoms with van der Waals surface area (Å²) >= 11 is 6.58. The van der Waals surface area contributed by atoms with Crippen LogP contribution in [0.2, 0.25) is 5.02 Å². The third-order valence-electron chi connectivity index (χ3n) is 8.48. The number of aliphatic hydroxyl groups is 1. The SMILES string of the molecule is CCCCCC(CCC)Oc1cc(F)c2c(c1)CCC2Nc1nc(N=CCC2CO[C@@H]3C(O)CO[C@H]23)c(C)cc1Cl. The summed E-state index contributed by atoms with van der Waals surface area (Å²) in [5.74, 6) is 1.57. The number of fused-ring (bicyclic) bond motifs is 2. The first-order valence-electron chi connectivity index (χ1n) is 15.2. The van der Waals surface area contributed by atoms with Gasteiger partial charge >= 0.3 is 0 Å². The first kappa shape index (κ1) is 30.2. The van der Waals surface area contributed by atoms with Gasteiger partial charge in [-0.15, -0.1) is 0 Å². The number of rotatable bonds is 13. The fraction of sp³-hybridized carbons (Fsp3) is 0.625. The van der Waals surface area contributed by atoms with E-state index in [1.807, 2.05) is 25.3 Å². The molecule has 5 rings (SSSR count). The largest absolute Gasteiger partial charge is 0.490 e. The van der Waals surface area contributed by atoms with Gasteiger partial charge in [-0.05, 0) is 68.7 Å². The highest BCUT2D eigenvalue weighted by Crippen LogP contribution is 2.40. The lowest BCUT2D eigenvalue weighted by Crippen LogP contribution is -2.29. The third-order valence-corrected chi connectivity index (χ3v) is 8.77. The summed E-state index contributed by atoms with van der Waals surface area (Å²) < 4.78 is 33.2. The third kappa shape index (κ3) is 7.04. The topological polar surface area (TPSA) is 85.2 Å². The Bertz CT molecular complexity index is 1230. The molecule has 2 aromatic rings. The standard InChI is InChI=1S/C32H43ClFN3O4/c1-4-6-7-9-22(8-5-2)41-23-15-20-10-11-26(28(20)25(34)16-23)36-32-24(33)14-19(3)31(37-32)35-13-12-21-17-39-30-27(38)18-40-29(21)30/h13-16,21-22,26-27,29-30,38H,4-12,17-18H2,1-3H3,(H,36,37)/t21?,22?,26?,27?,29-,30-/m1/s1. The van der Waals surface area contributed by atoms with Crippen molar-refractivity contribution in [1.82, 2.24) is 4.98 Å². The van der Waals surface area contributed by atoms with Crippen molar-refractivity contribution in [2.75, 3.05) is 18.5 Å². The highest BCUT2D eigenvalue weighted by atomic mass is 35.5. The molecule has 0 amide bonds. The molecule has 2 fully saturated rings. The van der Waals surface area contributed by atoms with Gasteiger partial charge in [0.2, 0.25) is 0 Å². The number of nitrogens with one attached hydrogen (secondary N) is 1. The Morgan fingerprint density at radius 2 is 2.00 bits per heavy atom. The van der Waals surface area contributed by atoms with Gasteiger partial charge in [-0.2, -0.15) is 0 Å². The number of benzene rings is 1. The van der Waals surface area contributed by atoms with Gasteiger partial charge in [-0.25, -0.2) is 14.4 Å². The van der Waals surface area contributed by atoms with Crippen molar-refractivity contribution in [1.29, 1.82) is 0 Å². The average Bonchev–Trinajstić information content (AvgIpc) is 3.64. The van der Waals surface area contributed by atoms with Crippen LogP contribution < -0.4 is 10.1 Å². The van der Waals surface area contributed by atoms with Gasteiger partial charge in [0.1, 0.15) is 29.6 Å². The van der Waals surface area contributed by atoms with Gasteiger partial charge in [-0.3, -0.25) is 0 Å². The number of nitrogens with zero attached hydrogens (tertiary/aromatic N) is 2. The van der Waals surface area contributed by atoms with Crippen LogP contribution in [0.4, 0.5) is 16.0 Å². The van der Waals surface area contributed by atoms with E-state index in [0.29, 0.717) is 47.6 Å². The molecule has 2 N–H and O–H groups in total. The zero-order valence-corrected chi connectivity index (χ0v) is 25.1. The van der Waals surface area contributed by atoms with Gasteiger partial charge in [0.15, 0.2) is 5.82 Å². The maximum Gasteiger partial charge on any atom is 0.156 e. The minimum absolute atomic E-state index is 0.102. The Morgan fingerprint density at radius 3 is 2.80 bits per heavy atom. The van der Waals surface area contributed by atoms with E-state index in [1.165, 1.54) is 18.9 Å². The Balaban J connectivity index is 1.25. The molecule has 9 heteroatoms. The number of ether oxygens (including phenoxy) is 3. The first-order valence-corrected chi connectivity index (χ1v) is 15.6. The van der Waals surface area contributed by atoms with Crippen molar-refractivity contribution in [3.8, 4) is 5.75 Å². The predicted molar refractivity (Wildman–Crippen MR) is 160 cm³/mol. The predicted octanol–water partition coefficient (Wildman–Crippen LogP) is 7.28. The summed E-state index contributed by atoms with van der Waals surface area (Å²) in [5, 5.41) is 13.8. The van der Waals surface area contributed by atoms with Gasteiger partial charge in [0, 0.05) is 23.8 Å². The Hall–Kier alpha value is -2.26. The molecule has 224 valence electrons. The summed E-state index contributed by atoms with van der Waals surface area (Å²) in [6.45, 7) is 7.12. The van der Waals surface area contributed by atoms with Crippen LogP contribution in [-0.2, 0) is 15.9 Å². The summed E-state index contributed by atoms with van der Waals surface area (Å²) in [7, 11) is 0. The number of aliphatic imine (C=N–C) groups is 1. The number of unbranched alkanes of at least 4 members (excludes halogenated alkanes) is 2. The summed E-state index contributed by atoms with van der Waals surface area (Å²) in [5.41, 5.74) is 2.48. The van der Waals surface area contributed by atoms with Gasteiger partial charge in [-0.1, -0.05) is 44.7 Å². The second-order valence-corrected chi connectivity index (χ2v) is 12.1. The minimum Gasteiger partial charge on any atom is -0.490 e. The van der Waals surface area contributed by atoms with Crippen molar-refractivity contribution in [2.45, 2.75) is 109 Å². The molecule has 1 aromatic heterocycles. The van der Waals surface area contributed by atoms with E-state index in [-0.39, 0.29) is 36.1 Å². The Morgan fingerprint density at radius 1 is 1.17 bits per heavy atom. The lowest BCUT2D eigenvalue weighted by molar-refractivity contribution is 0.0171.